The second-order valence-corrected chi connectivity index (χ2v) is 7.59. The molecule has 0 atom stereocenters. The maximum absolute atomic E-state index is 11.1. The first-order valence-corrected chi connectivity index (χ1v) is 10.0. The van der Waals surface area contributed by atoms with Crippen molar-refractivity contribution in [3.8, 4) is 5.75 Å². The summed E-state index contributed by atoms with van der Waals surface area (Å²) in [4.78, 5) is 2.36. The average molecular weight is 441 g/mol. The Hall–Kier alpha value is -3.09. The van der Waals surface area contributed by atoms with E-state index in [1.54, 1.807) is 35.9 Å². The number of benzene rings is 2. The molecule has 0 saturated heterocycles. The van der Waals surface area contributed by atoms with Crippen LogP contribution in [0.25, 0.3) is 11.5 Å². The third-order valence-corrected chi connectivity index (χ3v) is 5.02. The topological polar surface area (TPSA) is 48.6 Å². The standard InChI is InChI=1S/C23H22ClN3O2S/c1-26(2)19-11-13-27(14-12-19)21(22(28)16-7-9-17(24)10-8-16)23(30)25-18-5-4-6-20(15-18)29-3/h4-15H,1-3H3,(H-,25,28,30)/p+1. The van der Waals surface area contributed by atoms with E-state index >= 15 is 0 Å². The van der Waals surface area contributed by atoms with Crippen LogP contribution in [0.5, 0.6) is 5.75 Å². The number of anilines is 2. The SMILES string of the molecule is COc1cccc(NC(=S)C(=C(O)c2ccc(Cl)cc2)[n+]2ccc(N(C)C)cc2)c1. The molecule has 154 valence electrons. The smallest absolute Gasteiger partial charge is 0.288 e. The van der Waals surface area contributed by atoms with Crippen molar-refractivity contribution in [2.24, 2.45) is 0 Å². The summed E-state index contributed by atoms with van der Waals surface area (Å²) in [6, 6.07) is 18.3. The average Bonchev–Trinajstić information content (AvgIpc) is 2.74. The zero-order valence-corrected chi connectivity index (χ0v) is 18.5. The summed E-state index contributed by atoms with van der Waals surface area (Å²) < 4.78 is 7.06. The van der Waals surface area contributed by atoms with Gasteiger partial charge in [0.15, 0.2) is 23.1 Å². The Morgan fingerprint density at radius 2 is 1.73 bits per heavy atom. The molecule has 0 unspecified atom stereocenters. The van der Waals surface area contributed by atoms with E-state index in [1.165, 1.54) is 0 Å². The number of hydrogen-bond acceptors (Lipinski definition) is 4. The monoisotopic (exact) mass is 440 g/mol. The predicted molar refractivity (Wildman–Crippen MR) is 127 cm³/mol. The van der Waals surface area contributed by atoms with Crippen LogP contribution < -0.4 is 19.5 Å². The van der Waals surface area contributed by atoms with E-state index < -0.39 is 0 Å². The molecule has 0 bridgehead atoms. The van der Waals surface area contributed by atoms with Gasteiger partial charge in [-0.15, -0.1) is 0 Å². The summed E-state index contributed by atoms with van der Waals surface area (Å²) in [5.41, 5.74) is 2.84. The van der Waals surface area contributed by atoms with Crippen molar-refractivity contribution in [3.05, 3.63) is 83.6 Å². The van der Waals surface area contributed by atoms with Crippen LogP contribution in [0.15, 0.2) is 73.1 Å². The Labute approximate surface area is 186 Å². The van der Waals surface area contributed by atoms with E-state index in [-0.39, 0.29) is 5.76 Å². The molecule has 0 amide bonds. The molecule has 3 rings (SSSR count). The Morgan fingerprint density at radius 3 is 2.33 bits per heavy atom. The Morgan fingerprint density at radius 1 is 1.07 bits per heavy atom. The van der Waals surface area contributed by atoms with Crippen molar-refractivity contribution in [1.82, 2.24) is 0 Å². The molecule has 0 spiro atoms. The lowest BCUT2D eigenvalue weighted by atomic mass is 10.1. The molecule has 7 heteroatoms. The third-order valence-electron chi connectivity index (χ3n) is 4.47. The number of nitrogens with one attached hydrogen (secondary N) is 1. The quantitative estimate of drug-likeness (QED) is 0.244. The van der Waals surface area contributed by atoms with E-state index in [2.05, 4.69) is 5.32 Å². The molecular formula is C23H23ClN3O2S+. The molecule has 30 heavy (non-hydrogen) atoms. The number of rotatable bonds is 6. The first-order valence-electron chi connectivity index (χ1n) is 9.22. The molecule has 0 radical (unpaired) electrons. The number of ether oxygens (including phenoxy) is 1. The highest BCUT2D eigenvalue weighted by Gasteiger charge is 2.24. The summed E-state index contributed by atoms with van der Waals surface area (Å²) in [5.74, 6) is 0.743. The van der Waals surface area contributed by atoms with E-state index in [4.69, 9.17) is 28.6 Å². The minimum Gasteiger partial charge on any atom is -0.502 e. The fourth-order valence-electron chi connectivity index (χ4n) is 2.85. The van der Waals surface area contributed by atoms with Crippen molar-refractivity contribution >= 4 is 51.6 Å². The van der Waals surface area contributed by atoms with Gasteiger partial charge in [0, 0.05) is 54.3 Å². The molecule has 1 heterocycles. The predicted octanol–water partition coefficient (Wildman–Crippen LogP) is 5.03. The number of aromatic nitrogens is 1. The number of methoxy groups -OCH3 is 1. The van der Waals surface area contributed by atoms with Crippen LogP contribution in [0.4, 0.5) is 11.4 Å². The molecule has 3 aromatic rings. The Kier molecular flexibility index (Phi) is 6.92. The molecule has 2 N–H and O–H groups in total. The lowest BCUT2D eigenvalue weighted by Gasteiger charge is -2.13. The minimum absolute atomic E-state index is 0.0367. The van der Waals surface area contributed by atoms with Crippen LogP contribution in [0.1, 0.15) is 5.56 Å². The number of hydrogen-bond donors (Lipinski definition) is 2. The van der Waals surface area contributed by atoms with Gasteiger partial charge >= 0.3 is 0 Å². The van der Waals surface area contributed by atoms with Gasteiger partial charge in [0.2, 0.25) is 0 Å². The lowest BCUT2D eigenvalue weighted by molar-refractivity contribution is -0.575. The summed E-state index contributed by atoms with van der Waals surface area (Å²) in [5, 5.41) is 14.9. The number of pyridine rings is 1. The van der Waals surface area contributed by atoms with Gasteiger partial charge in [-0.1, -0.05) is 29.9 Å². The largest absolute Gasteiger partial charge is 0.502 e. The molecule has 0 aliphatic rings. The van der Waals surface area contributed by atoms with Gasteiger partial charge in [0.1, 0.15) is 5.75 Å². The Bertz CT molecular complexity index is 1060. The molecule has 0 saturated carbocycles. The highest BCUT2D eigenvalue weighted by molar-refractivity contribution is 7.81. The number of halogens is 1. The van der Waals surface area contributed by atoms with Gasteiger partial charge in [-0.3, -0.25) is 0 Å². The molecule has 2 aromatic carbocycles. The zero-order chi connectivity index (χ0) is 21.7. The normalized spacial score (nSPS) is 11.5. The molecule has 0 aliphatic carbocycles. The molecular weight excluding hydrogens is 418 g/mol. The van der Waals surface area contributed by atoms with Crippen LogP contribution in [-0.2, 0) is 0 Å². The first-order chi connectivity index (χ1) is 14.4. The fraction of sp³-hybridized carbons (Fsp3) is 0.130. The van der Waals surface area contributed by atoms with Crippen LogP contribution >= 0.6 is 23.8 Å². The van der Waals surface area contributed by atoms with Crippen molar-refractivity contribution in [3.63, 3.8) is 0 Å². The number of nitrogens with zero attached hydrogens (tertiary/aromatic N) is 2. The van der Waals surface area contributed by atoms with Crippen molar-refractivity contribution < 1.29 is 14.4 Å². The van der Waals surface area contributed by atoms with Crippen molar-refractivity contribution in [2.75, 3.05) is 31.4 Å². The van der Waals surface area contributed by atoms with Crippen molar-refractivity contribution in [1.29, 1.82) is 0 Å². The molecule has 0 aliphatic heterocycles. The zero-order valence-electron chi connectivity index (χ0n) is 17.0. The fourth-order valence-corrected chi connectivity index (χ4v) is 3.29. The van der Waals surface area contributed by atoms with Crippen LogP contribution in [-0.4, -0.2) is 31.3 Å². The molecule has 1 aromatic heterocycles. The van der Waals surface area contributed by atoms with Gasteiger partial charge in [-0.25, -0.2) is 0 Å². The van der Waals surface area contributed by atoms with Gasteiger partial charge in [-0.05, 0) is 36.4 Å². The summed E-state index contributed by atoms with van der Waals surface area (Å²) >= 11 is 11.7. The highest BCUT2D eigenvalue weighted by atomic mass is 35.5. The lowest BCUT2D eigenvalue weighted by Crippen LogP contribution is -2.38. The summed E-state index contributed by atoms with van der Waals surface area (Å²) in [7, 11) is 5.55. The van der Waals surface area contributed by atoms with Crippen LogP contribution in [0, 0.1) is 0 Å². The second-order valence-electron chi connectivity index (χ2n) is 6.75. The molecule has 5 nitrogen and oxygen atoms in total. The van der Waals surface area contributed by atoms with Gasteiger partial charge < -0.3 is 20.1 Å². The number of thiocarbonyl (C=S) groups is 1. The number of aliphatic hydroxyl groups excluding tert-OH is 1. The third kappa shape index (κ3) is 5.09. The van der Waals surface area contributed by atoms with Gasteiger partial charge in [0.25, 0.3) is 5.70 Å². The highest BCUT2D eigenvalue weighted by Crippen LogP contribution is 2.23. The minimum atomic E-state index is 0.0367. The van der Waals surface area contributed by atoms with E-state index in [1.807, 2.05) is 67.8 Å². The number of aliphatic hydroxyl groups is 1. The second kappa shape index (κ2) is 9.61. The maximum atomic E-state index is 11.1. The molecule has 0 fully saturated rings. The summed E-state index contributed by atoms with van der Waals surface area (Å²) in [6.45, 7) is 0. The first kappa shape index (κ1) is 21.6. The van der Waals surface area contributed by atoms with Crippen LogP contribution in [0.3, 0.4) is 0 Å². The van der Waals surface area contributed by atoms with Gasteiger partial charge in [-0.2, -0.15) is 4.57 Å². The van der Waals surface area contributed by atoms with E-state index in [9.17, 15) is 5.11 Å². The van der Waals surface area contributed by atoms with Gasteiger partial charge in [0.05, 0.1) is 7.11 Å². The van der Waals surface area contributed by atoms with Crippen molar-refractivity contribution in [2.45, 2.75) is 0 Å². The van der Waals surface area contributed by atoms with Crippen LogP contribution in [0.2, 0.25) is 5.02 Å². The van der Waals surface area contributed by atoms with E-state index in [0.29, 0.717) is 27.0 Å². The summed E-state index contributed by atoms with van der Waals surface area (Å²) in [6.07, 6.45) is 3.72. The Balaban J connectivity index is 2.05. The van der Waals surface area contributed by atoms with E-state index in [0.717, 1.165) is 11.4 Å². The maximum Gasteiger partial charge on any atom is 0.288 e.